The topological polar surface area (TPSA) is 66.4 Å². The minimum absolute atomic E-state index is 0.154. The Morgan fingerprint density at radius 3 is 2.50 bits per heavy atom. The van der Waals surface area contributed by atoms with E-state index in [4.69, 9.17) is 5.11 Å². The maximum Gasteiger partial charge on any atom is 0.240 e. The zero-order valence-corrected chi connectivity index (χ0v) is 10.7. The summed E-state index contributed by atoms with van der Waals surface area (Å²) in [6.07, 6.45) is 0.753. The molecular weight excluding hydrogens is 264 g/mol. The molecule has 0 unspecified atom stereocenters. The Kier molecular flexibility index (Phi) is 5.18. The molecule has 0 aliphatic carbocycles. The van der Waals surface area contributed by atoms with Crippen LogP contribution in [0.5, 0.6) is 0 Å². The zero-order chi connectivity index (χ0) is 13.8. The lowest BCUT2D eigenvalue weighted by Gasteiger charge is -2.15. The van der Waals surface area contributed by atoms with E-state index in [1.54, 1.807) is 6.92 Å². The number of aliphatic hydroxyl groups excluding tert-OH is 1. The Balaban J connectivity index is 2.95. The molecule has 0 aliphatic rings. The van der Waals surface area contributed by atoms with Gasteiger partial charge in [0.1, 0.15) is 0 Å². The molecule has 0 amide bonds. The van der Waals surface area contributed by atoms with Crippen LogP contribution in [-0.4, -0.2) is 26.2 Å². The van der Waals surface area contributed by atoms with Crippen molar-refractivity contribution in [2.45, 2.75) is 30.7 Å². The quantitative estimate of drug-likeness (QED) is 0.827. The van der Waals surface area contributed by atoms with Crippen LogP contribution in [0.25, 0.3) is 0 Å². The summed E-state index contributed by atoms with van der Waals surface area (Å²) in [5.41, 5.74) is 0. The number of hydrogen-bond donors (Lipinski definition) is 2. The molecule has 0 saturated heterocycles. The first-order valence-electron chi connectivity index (χ1n) is 5.49. The van der Waals surface area contributed by atoms with E-state index >= 15 is 0 Å². The first kappa shape index (κ1) is 15.0. The van der Waals surface area contributed by atoms with E-state index in [0.717, 1.165) is 12.1 Å². The molecule has 2 N–H and O–H groups in total. The second kappa shape index (κ2) is 6.21. The fourth-order valence-electron chi connectivity index (χ4n) is 1.43. The highest BCUT2D eigenvalue weighted by molar-refractivity contribution is 7.89. The van der Waals surface area contributed by atoms with Crippen molar-refractivity contribution in [3.8, 4) is 0 Å². The Hall–Kier alpha value is -1.05. The van der Waals surface area contributed by atoms with Crippen molar-refractivity contribution in [1.82, 2.24) is 4.72 Å². The van der Waals surface area contributed by atoms with Gasteiger partial charge in [-0.2, -0.15) is 0 Å². The first-order chi connectivity index (χ1) is 8.40. The number of rotatable bonds is 6. The predicted octanol–water partition coefficient (Wildman–Crippen LogP) is 1.40. The Labute approximate surface area is 105 Å². The van der Waals surface area contributed by atoms with Crippen molar-refractivity contribution in [3.63, 3.8) is 0 Å². The van der Waals surface area contributed by atoms with Gasteiger partial charge in [0.15, 0.2) is 11.6 Å². The highest BCUT2D eigenvalue weighted by Crippen LogP contribution is 2.14. The zero-order valence-electron chi connectivity index (χ0n) is 9.86. The SMILES string of the molecule is CC[C@@H](CCO)NS(=O)(=O)c1ccc(F)c(F)c1. The number of halogens is 2. The average molecular weight is 279 g/mol. The van der Waals surface area contributed by atoms with Gasteiger partial charge in [-0.3, -0.25) is 0 Å². The average Bonchev–Trinajstić information content (AvgIpc) is 2.31. The van der Waals surface area contributed by atoms with Gasteiger partial charge in [-0.05, 0) is 31.0 Å². The van der Waals surface area contributed by atoms with Crippen LogP contribution < -0.4 is 4.72 Å². The minimum atomic E-state index is -3.90. The summed E-state index contributed by atoms with van der Waals surface area (Å²) in [6, 6.07) is 1.94. The molecule has 1 aromatic rings. The molecule has 1 atom stereocenters. The summed E-state index contributed by atoms with van der Waals surface area (Å²) in [5.74, 6) is -2.32. The number of benzene rings is 1. The van der Waals surface area contributed by atoms with Gasteiger partial charge in [-0.25, -0.2) is 21.9 Å². The lowest BCUT2D eigenvalue weighted by molar-refractivity contribution is 0.270. The molecule has 0 fully saturated rings. The van der Waals surface area contributed by atoms with Gasteiger partial charge in [0, 0.05) is 12.6 Å². The molecule has 0 heterocycles. The molecule has 0 saturated carbocycles. The molecule has 1 rings (SSSR count). The minimum Gasteiger partial charge on any atom is -0.396 e. The van der Waals surface area contributed by atoms with Crippen molar-refractivity contribution in [3.05, 3.63) is 29.8 Å². The van der Waals surface area contributed by atoms with Crippen molar-refractivity contribution < 1.29 is 22.3 Å². The van der Waals surface area contributed by atoms with Gasteiger partial charge in [-0.15, -0.1) is 0 Å². The lowest BCUT2D eigenvalue weighted by Crippen LogP contribution is -2.35. The molecule has 1 aromatic carbocycles. The second-order valence-electron chi connectivity index (χ2n) is 3.81. The third kappa shape index (κ3) is 3.72. The van der Waals surface area contributed by atoms with E-state index in [1.165, 1.54) is 0 Å². The monoisotopic (exact) mass is 279 g/mol. The van der Waals surface area contributed by atoms with Crippen LogP contribution in [0.4, 0.5) is 8.78 Å². The molecule has 102 valence electrons. The summed E-state index contributed by atoms with van der Waals surface area (Å²) >= 11 is 0. The largest absolute Gasteiger partial charge is 0.396 e. The first-order valence-corrected chi connectivity index (χ1v) is 6.97. The number of sulfonamides is 1. The van der Waals surface area contributed by atoms with Gasteiger partial charge in [0.05, 0.1) is 4.90 Å². The maximum absolute atomic E-state index is 13.0. The third-order valence-corrected chi connectivity index (χ3v) is 4.01. The van der Waals surface area contributed by atoms with E-state index in [1.807, 2.05) is 0 Å². The second-order valence-corrected chi connectivity index (χ2v) is 5.53. The van der Waals surface area contributed by atoms with Gasteiger partial charge in [0.25, 0.3) is 0 Å². The lowest BCUT2D eigenvalue weighted by atomic mass is 10.2. The van der Waals surface area contributed by atoms with Crippen molar-refractivity contribution >= 4 is 10.0 Å². The predicted molar refractivity (Wildman–Crippen MR) is 62.5 cm³/mol. The highest BCUT2D eigenvalue weighted by atomic mass is 32.2. The van der Waals surface area contributed by atoms with Crippen molar-refractivity contribution in [2.24, 2.45) is 0 Å². The smallest absolute Gasteiger partial charge is 0.240 e. The van der Waals surface area contributed by atoms with Gasteiger partial charge >= 0.3 is 0 Å². The van der Waals surface area contributed by atoms with Gasteiger partial charge in [0.2, 0.25) is 10.0 Å². The van der Waals surface area contributed by atoms with E-state index in [9.17, 15) is 17.2 Å². The molecule has 4 nitrogen and oxygen atoms in total. The number of aliphatic hydroxyl groups is 1. The number of nitrogens with one attached hydrogen (secondary N) is 1. The molecule has 0 bridgehead atoms. The van der Waals surface area contributed by atoms with E-state index in [-0.39, 0.29) is 17.9 Å². The van der Waals surface area contributed by atoms with Crippen LogP contribution in [0.2, 0.25) is 0 Å². The number of hydrogen-bond acceptors (Lipinski definition) is 3. The molecule has 0 aromatic heterocycles. The van der Waals surface area contributed by atoms with Gasteiger partial charge in [-0.1, -0.05) is 6.92 Å². The van der Waals surface area contributed by atoms with E-state index in [0.29, 0.717) is 12.5 Å². The highest BCUT2D eigenvalue weighted by Gasteiger charge is 2.20. The summed E-state index contributed by atoms with van der Waals surface area (Å²) in [6.45, 7) is 1.60. The van der Waals surface area contributed by atoms with E-state index < -0.39 is 27.7 Å². The summed E-state index contributed by atoms with van der Waals surface area (Å²) in [7, 11) is -3.90. The van der Waals surface area contributed by atoms with Crippen LogP contribution in [0, 0.1) is 11.6 Å². The molecule has 0 aliphatic heterocycles. The fourth-order valence-corrected chi connectivity index (χ4v) is 2.80. The molecule has 0 radical (unpaired) electrons. The summed E-state index contributed by atoms with van der Waals surface area (Å²) in [5, 5.41) is 8.77. The van der Waals surface area contributed by atoms with Gasteiger partial charge < -0.3 is 5.11 Å². The van der Waals surface area contributed by atoms with Crippen molar-refractivity contribution in [2.75, 3.05) is 6.61 Å². The van der Waals surface area contributed by atoms with Crippen molar-refractivity contribution in [1.29, 1.82) is 0 Å². The maximum atomic E-state index is 13.0. The molecular formula is C11H15F2NO3S. The molecule has 7 heteroatoms. The van der Waals surface area contributed by atoms with E-state index in [2.05, 4.69) is 4.72 Å². The van der Waals surface area contributed by atoms with Crippen LogP contribution in [0.1, 0.15) is 19.8 Å². The van der Waals surface area contributed by atoms with Crippen LogP contribution in [0.3, 0.4) is 0 Å². The molecule has 18 heavy (non-hydrogen) atoms. The normalized spacial score (nSPS) is 13.6. The Morgan fingerprint density at radius 1 is 1.33 bits per heavy atom. The Morgan fingerprint density at radius 2 is 2.00 bits per heavy atom. The standard InChI is InChI=1S/C11H15F2NO3S/c1-2-8(5-6-15)14-18(16,17)9-3-4-10(12)11(13)7-9/h3-4,7-8,14-15H,2,5-6H2,1H3/t8-/m0/s1. The summed E-state index contributed by atoms with van der Waals surface area (Å²) < 4.78 is 51.7. The fraction of sp³-hybridized carbons (Fsp3) is 0.455. The summed E-state index contributed by atoms with van der Waals surface area (Å²) in [4.78, 5) is -0.335. The molecule has 0 spiro atoms. The van der Waals surface area contributed by atoms with Crippen LogP contribution >= 0.6 is 0 Å². The van der Waals surface area contributed by atoms with Crippen LogP contribution in [-0.2, 0) is 10.0 Å². The van der Waals surface area contributed by atoms with Crippen LogP contribution in [0.15, 0.2) is 23.1 Å². The third-order valence-electron chi connectivity index (χ3n) is 2.49. The Bertz CT molecular complexity index is 505.